The Labute approximate surface area is 187 Å². The molecule has 4 rings (SSSR count). The van der Waals surface area contributed by atoms with E-state index in [1.165, 1.54) is 0 Å². The summed E-state index contributed by atoms with van der Waals surface area (Å²) in [5.41, 5.74) is 4.35. The summed E-state index contributed by atoms with van der Waals surface area (Å²) in [6, 6.07) is 22.6. The van der Waals surface area contributed by atoms with E-state index in [0.29, 0.717) is 0 Å². The monoisotopic (exact) mass is 514 g/mol. The molecule has 1 aliphatic rings. The molecule has 1 aliphatic heterocycles. The SMILES string of the molecule is COc1ccc(C2CC(c3ccc(Br)cc3)=NN2c2ccc(Br)cc2)cc1OC. The standard InChI is InChI=1S/C23H20Br2N2O2/c1-28-22-12-5-16(13-23(22)29-2)21-14-20(15-3-6-17(24)7-4-15)26-27(21)19-10-8-18(25)9-11-19/h3-13,21H,14H2,1-2H3. The van der Waals surface area contributed by atoms with Crippen LogP contribution in [0.1, 0.15) is 23.6 Å². The Morgan fingerprint density at radius 3 is 2.07 bits per heavy atom. The first-order valence-corrected chi connectivity index (χ1v) is 10.8. The third-order valence-electron chi connectivity index (χ3n) is 4.97. The lowest BCUT2D eigenvalue weighted by atomic mass is 9.98. The molecule has 0 aromatic heterocycles. The summed E-state index contributed by atoms with van der Waals surface area (Å²) in [6.45, 7) is 0. The summed E-state index contributed by atoms with van der Waals surface area (Å²) in [4.78, 5) is 0. The first-order valence-electron chi connectivity index (χ1n) is 9.19. The van der Waals surface area contributed by atoms with Crippen LogP contribution in [0.4, 0.5) is 5.69 Å². The minimum absolute atomic E-state index is 0.0645. The Balaban J connectivity index is 1.75. The van der Waals surface area contributed by atoms with Gasteiger partial charge in [0.25, 0.3) is 0 Å². The fourth-order valence-electron chi connectivity index (χ4n) is 3.48. The lowest BCUT2D eigenvalue weighted by molar-refractivity contribution is 0.354. The quantitative estimate of drug-likeness (QED) is 0.384. The van der Waals surface area contributed by atoms with Gasteiger partial charge in [0.15, 0.2) is 11.5 Å². The Hall–Kier alpha value is -2.31. The molecule has 1 unspecified atom stereocenters. The number of hydrogen-bond acceptors (Lipinski definition) is 4. The van der Waals surface area contributed by atoms with Gasteiger partial charge in [0.05, 0.1) is 31.7 Å². The lowest BCUT2D eigenvalue weighted by Gasteiger charge is -2.24. The maximum atomic E-state index is 5.53. The first kappa shape index (κ1) is 20.0. The Bertz CT molecular complexity index is 1030. The van der Waals surface area contributed by atoms with Crippen LogP contribution in [-0.2, 0) is 0 Å². The van der Waals surface area contributed by atoms with E-state index in [9.17, 15) is 0 Å². The molecule has 148 valence electrons. The highest BCUT2D eigenvalue weighted by Crippen LogP contribution is 2.40. The Kier molecular flexibility index (Phi) is 5.92. The van der Waals surface area contributed by atoms with Crippen LogP contribution in [0.3, 0.4) is 0 Å². The van der Waals surface area contributed by atoms with Gasteiger partial charge in [-0.15, -0.1) is 0 Å². The summed E-state index contributed by atoms with van der Waals surface area (Å²) in [6.07, 6.45) is 0.799. The number of ether oxygens (including phenoxy) is 2. The van der Waals surface area contributed by atoms with Gasteiger partial charge in [-0.3, -0.25) is 5.01 Å². The van der Waals surface area contributed by atoms with Crippen LogP contribution in [0.25, 0.3) is 0 Å². The zero-order valence-corrected chi connectivity index (χ0v) is 19.3. The Morgan fingerprint density at radius 2 is 1.45 bits per heavy atom. The van der Waals surface area contributed by atoms with E-state index in [0.717, 1.165) is 49.4 Å². The molecule has 0 saturated carbocycles. The number of hydrazone groups is 1. The summed E-state index contributed by atoms with van der Waals surface area (Å²) in [5, 5.41) is 7.08. The molecule has 3 aromatic rings. The largest absolute Gasteiger partial charge is 0.493 e. The van der Waals surface area contributed by atoms with Crippen LogP contribution < -0.4 is 14.5 Å². The molecule has 0 spiro atoms. The molecule has 0 N–H and O–H groups in total. The van der Waals surface area contributed by atoms with Crippen LogP contribution in [0.2, 0.25) is 0 Å². The normalized spacial score (nSPS) is 15.9. The number of nitrogens with zero attached hydrogens (tertiary/aromatic N) is 2. The molecule has 0 saturated heterocycles. The van der Waals surface area contributed by atoms with Gasteiger partial charge in [-0.05, 0) is 59.7 Å². The minimum Gasteiger partial charge on any atom is -0.493 e. The van der Waals surface area contributed by atoms with Gasteiger partial charge in [-0.25, -0.2) is 0 Å². The maximum Gasteiger partial charge on any atom is 0.161 e. The molecule has 1 atom stereocenters. The zero-order valence-electron chi connectivity index (χ0n) is 16.1. The van der Waals surface area contributed by atoms with Gasteiger partial charge in [0.2, 0.25) is 0 Å². The van der Waals surface area contributed by atoms with E-state index in [1.54, 1.807) is 14.2 Å². The second kappa shape index (κ2) is 8.59. The zero-order chi connectivity index (χ0) is 20.4. The molecule has 3 aromatic carbocycles. The Morgan fingerprint density at radius 1 is 0.828 bits per heavy atom. The van der Waals surface area contributed by atoms with Crippen molar-refractivity contribution in [2.24, 2.45) is 5.10 Å². The summed E-state index contributed by atoms with van der Waals surface area (Å²) < 4.78 is 13.0. The minimum atomic E-state index is 0.0645. The summed E-state index contributed by atoms with van der Waals surface area (Å²) >= 11 is 7.02. The number of rotatable bonds is 5. The molecule has 6 heteroatoms. The van der Waals surface area contributed by atoms with E-state index in [2.05, 4.69) is 67.2 Å². The lowest BCUT2D eigenvalue weighted by Crippen LogP contribution is -2.18. The molecule has 4 nitrogen and oxygen atoms in total. The van der Waals surface area contributed by atoms with Gasteiger partial charge in [-0.1, -0.05) is 50.1 Å². The molecule has 0 fully saturated rings. The van der Waals surface area contributed by atoms with Crippen molar-refractivity contribution in [2.75, 3.05) is 19.2 Å². The molecule has 0 bridgehead atoms. The number of anilines is 1. The van der Waals surface area contributed by atoms with Crippen LogP contribution in [-0.4, -0.2) is 19.9 Å². The predicted molar refractivity (Wildman–Crippen MR) is 124 cm³/mol. The third kappa shape index (κ3) is 4.19. The fraction of sp³-hybridized carbons (Fsp3) is 0.174. The van der Waals surface area contributed by atoms with Crippen LogP contribution in [0.5, 0.6) is 11.5 Å². The maximum absolute atomic E-state index is 5.53. The van der Waals surface area contributed by atoms with Crippen molar-refractivity contribution in [3.8, 4) is 11.5 Å². The highest BCUT2D eigenvalue weighted by atomic mass is 79.9. The topological polar surface area (TPSA) is 34.1 Å². The van der Waals surface area contributed by atoms with Crippen molar-refractivity contribution in [2.45, 2.75) is 12.5 Å². The van der Waals surface area contributed by atoms with Gasteiger partial charge < -0.3 is 9.47 Å². The van der Waals surface area contributed by atoms with Crippen LogP contribution in [0.15, 0.2) is 80.8 Å². The molecule has 0 radical (unpaired) electrons. The smallest absolute Gasteiger partial charge is 0.161 e. The van der Waals surface area contributed by atoms with E-state index in [4.69, 9.17) is 14.6 Å². The highest BCUT2D eigenvalue weighted by Gasteiger charge is 2.30. The number of halogens is 2. The first-order chi connectivity index (χ1) is 14.1. The van der Waals surface area contributed by atoms with E-state index >= 15 is 0 Å². The van der Waals surface area contributed by atoms with Gasteiger partial charge >= 0.3 is 0 Å². The average molecular weight is 516 g/mol. The molecular formula is C23H20Br2N2O2. The molecule has 0 amide bonds. The van der Waals surface area contributed by atoms with E-state index in [1.807, 2.05) is 36.4 Å². The predicted octanol–water partition coefficient (Wildman–Crippen LogP) is 6.58. The number of methoxy groups -OCH3 is 2. The van der Waals surface area contributed by atoms with Crippen molar-refractivity contribution in [3.63, 3.8) is 0 Å². The highest BCUT2D eigenvalue weighted by molar-refractivity contribution is 9.10. The van der Waals surface area contributed by atoms with Gasteiger partial charge in [0, 0.05) is 15.4 Å². The molecule has 29 heavy (non-hydrogen) atoms. The van der Waals surface area contributed by atoms with Crippen molar-refractivity contribution in [1.29, 1.82) is 0 Å². The second-order valence-corrected chi connectivity index (χ2v) is 8.54. The van der Waals surface area contributed by atoms with Crippen LogP contribution in [0, 0.1) is 0 Å². The van der Waals surface area contributed by atoms with Crippen LogP contribution >= 0.6 is 31.9 Å². The van der Waals surface area contributed by atoms with Crippen molar-refractivity contribution < 1.29 is 9.47 Å². The number of benzene rings is 3. The fourth-order valence-corrected chi connectivity index (χ4v) is 4.01. The second-order valence-electron chi connectivity index (χ2n) is 6.71. The van der Waals surface area contributed by atoms with Gasteiger partial charge in [0.1, 0.15) is 0 Å². The summed E-state index contributed by atoms with van der Waals surface area (Å²) in [7, 11) is 3.31. The van der Waals surface area contributed by atoms with Crippen molar-refractivity contribution in [3.05, 3.63) is 86.8 Å². The van der Waals surface area contributed by atoms with E-state index in [-0.39, 0.29) is 6.04 Å². The average Bonchev–Trinajstić information content (AvgIpc) is 3.19. The van der Waals surface area contributed by atoms with Crippen molar-refractivity contribution in [1.82, 2.24) is 0 Å². The molecule has 1 heterocycles. The summed E-state index contributed by atoms with van der Waals surface area (Å²) in [5.74, 6) is 1.44. The number of hydrogen-bond donors (Lipinski definition) is 0. The molecular weight excluding hydrogens is 496 g/mol. The third-order valence-corrected chi connectivity index (χ3v) is 6.03. The van der Waals surface area contributed by atoms with E-state index < -0.39 is 0 Å². The van der Waals surface area contributed by atoms with Gasteiger partial charge in [-0.2, -0.15) is 5.10 Å². The van der Waals surface area contributed by atoms with Crippen molar-refractivity contribution >= 4 is 43.3 Å². The molecule has 0 aliphatic carbocycles.